The van der Waals surface area contributed by atoms with Crippen LogP contribution in [-0.2, 0) is 6.61 Å². The summed E-state index contributed by atoms with van der Waals surface area (Å²) in [6.45, 7) is -1.43. The molecule has 0 radical (unpaired) electrons. The summed E-state index contributed by atoms with van der Waals surface area (Å²) >= 11 is 0. The smallest absolute Gasteiger partial charge is 0.492 e. The zero-order valence-electron chi connectivity index (χ0n) is 12.7. The van der Waals surface area contributed by atoms with Crippen molar-refractivity contribution in [2.24, 2.45) is 0 Å². The summed E-state index contributed by atoms with van der Waals surface area (Å²) in [5.74, 6) is -1.23. The van der Waals surface area contributed by atoms with Crippen molar-refractivity contribution in [2.45, 2.75) is 20.5 Å². The number of aryl methyl sites for hydroxylation is 2. The molecule has 0 unspecified atom stereocenters. The Labute approximate surface area is 169 Å². The second kappa shape index (κ2) is 7.97. The van der Waals surface area contributed by atoms with Crippen molar-refractivity contribution in [1.29, 1.82) is 0 Å². The summed E-state index contributed by atoms with van der Waals surface area (Å²) in [6.07, 6.45) is 0. The quantitative estimate of drug-likeness (QED) is 0.600. The standard InChI is InChI=1S/C15H14BF4O.K/c1-10-3-4-12(7-11(10)2)9-21-15-8-13(17)5-6-14(15)16(18,19)20;/h3-8H,9H2,1-2H3;/q-1;+1. The molecule has 0 aliphatic rings. The number of benzene rings is 2. The molecule has 0 aromatic heterocycles. The van der Waals surface area contributed by atoms with Gasteiger partial charge in [-0.05, 0) is 36.6 Å². The van der Waals surface area contributed by atoms with Gasteiger partial charge in [0.1, 0.15) is 12.4 Å². The fourth-order valence-corrected chi connectivity index (χ4v) is 1.96. The van der Waals surface area contributed by atoms with Gasteiger partial charge in [0.25, 0.3) is 0 Å². The van der Waals surface area contributed by atoms with Crippen LogP contribution >= 0.6 is 0 Å². The fourth-order valence-electron chi connectivity index (χ4n) is 1.96. The van der Waals surface area contributed by atoms with E-state index in [2.05, 4.69) is 0 Å². The summed E-state index contributed by atoms with van der Waals surface area (Å²) in [5.41, 5.74) is 1.93. The van der Waals surface area contributed by atoms with Gasteiger partial charge in [-0.2, -0.15) is 0 Å². The molecule has 0 saturated carbocycles. The molecule has 0 N–H and O–H groups in total. The van der Waals surface area contributed by atoms with Gasteiger partial charge in [0.05, 0.1) is 5.75 Å². The first kappa shape index (κ1) is 19.7. The monoisotopic (exact) mass is 336 g/mol. The number of rotatable bonds is 4. The second-order valence-electron chi connectivity index (χ2n) is 4.96. The molecule has 0 heterocycles. The van der Waals surface area contributed by atoms with E-state index in [-0.39, 0.29) is 58.0 Å². The molecular formula is C15H14BF4KO. The zero-order chi connectivity index (χ0) is 15.6. The molecule has 22 heavy (non-hydrogen) atoms. The summed E-state index contributed by atoms with van der Waals surface area (Å²) in [4.78, 5) is 0. The predicted molar refractivity (Wildman–Crippen MR) is 75.4 cm³/mol. The van der Waals surface area contributed by atoms with E-state index in [0.29, 0.717) is 6.07 Å². The number of ether oxygens (including phenoxy) is 1. The van der Waals surface area contributed by atoms with Gasteiger partial charge >= 0.3 is 58.4 Å². The molecule has 112 valence electrons. The van der Waals surface area contributed by atoms with E-state index in [4.69, 9.17) is 4.74 Å². The molecule has 0 atom stereocenters. The minimum Gasteiger partial charge on any atom is -0.492 e. The Morgan fingerprint density at radius 3 is 2.23 bits per heavy atom. The van der Waals surface area contributed by atoms with E-state index in [9.17, 15) is 17.3 Å². The van der Waals surface area contributed by atoms with Crippen LogP contribution < -0.4 is 61.6 Å². The Bertz CT molecular complexity index is 658. The molecule has 0 fully saturated rings. The summed E-state index contributed by atoms with van der Waals surface area (Å²) in [7, 11) is 0. The predicted octanol–water partition coefficient (Wildman–Crippen LogP) is 1.08. The number of hydrogen-bond acceptors (Lipinski definition) is 1. The van der Waals surface area contributed by atoms with Crippen LogP contribution in [0.3, 0.4) is 0 Å². The van der Waals surface area contributed by atoms with Crippen LogP contribution in [0.2, 0.25) is 0 Å². The molecule has 0 aliphatic carbocycles. The molecule has 7 heteroatoms. The van der Waals surface area contributed by atoms with Crippen molar-refractivity contribution in [3.05, 3.63) is 58.9 Å². The first-order valence-electron chi connectivity index (χ1n) is 6.45. The van der Waals surface area contributed by atoms with Crippen molar-refractivity contribution in [2.75, 3.05) is 0 Å². The van der Waals surface area contributed by atoms with Gasteiger partial charge < -0.3 is 17.7 Å². The Balaban J connectivity index is 0.00000242. The summed E-state index contributed by atoms with van der Waals surface area (Å²) < 4.78 is 57.0. The van der Waals surface area contributed by atoms with Gasteiger partial charge in [0.2, 0.25) is 0 Å². The largest absolute Gasteiger partial charge is 1.00 e. The molecule has 2 aromatic carbocycles. The molecule has 2 aromatic rings. The molecule has 0 aliphatic heterocycles. The van der Waals surface area contributed by atoms with Crippen LogP contribution in [0.15, 0.2) is 36.4 Å². The van der Waals surface area contributed by atoms with Gasteiger partial charge in [0, 0.05) is 6.07 Å². The third-order valence-corrected chi connectivity index (χ3v) is 3.29. The normalized spacial score (nSPS) is 11.0. The van der Waals surface area contributed by atoms with E-state index in [1.165, 1.54) is 0 Å². The Hall–Kier alpha value is -0.339. The molecule has 0 bridgehead atoms. The van der Waals surface area contributed by atoms with E-state index in [0.717, 1.165) is 28.8 Å². The van der Waals surface area contributed by atoms with Crippen molar-refractivity contribution in [3.63, 3.8) is 0 Å². The fraction of sp³-hybridized carbons (Fsp3) is 0.200. The van der Waals surface area contributed by atoms with E-state index in [1.54, 1.807) is 6.07 Å². The molecule has 0 spiro atoms. The van der Waals surface area contributed by atoms with E-state index in [1.807, 2.05) is 26.0 Å². The van der Waals surface area contributed by atoms with E-state index >= 15 is 0 Å². The first-order valence-corrected chi connectivity index (χ1v) is 6.45. The van der Waals surface area contributed by atoms with Gasteiger partial charge in [-0.15, -0.1) is 0 Å². The number of halogens is 4. The maximum absolute atomic E-state index is 13.1. The zero-order valence-corrected chi connectivity index (χ0v) is 15.8. The van der Waals surface area contributed by atoms with Crippen molar-refractivity contribution >= 4 is 12.4 Å². The van der Waals surface area contributed by atoms with Crippen molar-refractivity contribution in [1.82, 2.24) is 0 Å². The molecular weight excluding hydrogens is 322 g/mol. The van der Waals surface area contributed by atoms with Crippen molar-refractivity contribution in [3.8, 4) is 5.75 Å². The van der Waals surface area contributed by atoms with Gasteiger partial charge in [0.15, 0.2) is 0 Å². The minimum atomic E-state index is -5.24. The summed E-state index contributed by atoms with van der Waals surface area (Å²) in [5, 5.41) is 0. The Morgan fingerprint density at radius 1 is 0.955 bits per heavy atom. The summed E-state index contributed by atoms with van der Waals surface area (Å²) in [6, 6.07) is 7.76. The van der Waals surface area contributed by atoms with Crippen LogP contribution in [0.1, 0.15) is 16.7 Å². The SMILES string of the molecule is Cc1ccc(COc2cc(F)ccc2[B-](F)(F)F)cc1C.[K+]. The Morgan fingerprint density at radius 2 is 1.64 bits per heavy atom. The average molecular weight is 336 g/mol. The minimum absolute atomic E-state index is 0. The third kappa shape index (κ3) is 5.09. The van der Waals surface area contributed by atoms with Crippen LogP contribution in [-0.4, -0.2) is 6.98 Å². The van der Waals surface area contributed by atoms with Gasteiger partial charge in [-0.1, -0.05) is 29.7 Å². The molecule has 2 rings (SSSR count). The third-order valence-electron chi connectivity index (χ3n) is 3.29. The maximum atomic E-state index is 13.1. The maximum Gasteiger partial charge on any atom is 1.00 e. The molecule has 1 nitrogen and oxygen atoms in total. The topological polar surface area (TPSA) is 9.23 Å². The molecule has 0 amide bonds. The van der Waals surface area contributed by atoms with E-state index < -0.39 is 24.0 Å². The first-order chi connectivity index (χ1) is 9.77. The number of hydrogen-bond donors (Lipinski definition) is 0. The van der Waals surface area contributed by atoms with Crippen molar-refractivity contribution < 1.29 is 73.5 Å². The Kier molecular flexibility index (Phi) is 7.14. The van der Waals surface area contributed by atoms with Crippen LogP contribution in [0.5, 0.6) is 5.75 Å². The van der Waals surface area contributed by atoms with Crippen LogP contribution in [0.4, 0.5) is 17.3 Å². The molecule has 0 saturated heterocycles. The second-order valence-corrected chi connectivity index (χ2v) is 4.96. The van der Waals surface area contributed by atoms with Crippen LogP contribution in [0.25, 0.3) is 0 Å². The average Bonchev–Trinajstić information content (AvgIpc) is 2.39. The van der Waals surface area contributed by atoms with Gasteiger partial charge in [-0.3, -0.25) is 0 Å². The van der Waals surface area contributed by atoms with Crippen LogP contribution in [0, 0.1) is 19.7 Å². The van der Waals surface area contributed by atoms with Gasteiger partial charge in [-0.25, -0.2) is 4.39 Å².